The van der Waals surface area contributed by atoms with Crippen LogP contribution in [0.3, 0.4) is 0 Å². The molecular formula is C23H23N5O4. The SMILES string of the molecule is CC(C)(O)Oc1ccc(CNc2nccc(/C(N)=C3/Nc4ccccc4O3)n2)cc1C=O. The second kappa shape index (κ2) is 8.56. The number of aliphatic hydroxyl groups is 1. The molecule has 0 amide bonds. The summed E-state index contributed by atoms with van der Waals surface area (Å²) in [5.41, 5.74) is 9.09. The van der Waals surface area contributed by atoms with Crippen LogP contribution in [0.2, 0.25) is 0 Å². The molecule has 2 heterocycles. The Morgan fingerprint density at radius 1 is 1.28 bits per heavy atom. The van der Waals surface area contributed by atoms with Gasteiger partial charge in [0.2, 0.25) is 17.6 Å². The van der Waals surface area contributed by atoms with E-state index in [1.165, 1.54) is 13.8 Å². The number of aldehydes is 1. The maximum absolute atomic E-state index is 11.4. The first-order valence-electron chi connectivity index (χ1n) is 9.93. The van der Waals surface area contributed by atoms with Gasteiger partial charge in [0, 0.05) is 26.6 Å². The number of carbonyl (C=O) groups is 1. The van der Waals surface area contributed by atoms with Crippen LogP contribution in [0.5, 0.6) is 11.5 Å². The number of aromatic nitrogens is 2. The molecule has 0 atom stereocenters. The predicted molar refractivity (Wildman–Crippen MR) is 120 cm³/mol. The average Bonchev–Trinajstić information content (AvgIpc) is 3.21. The molecule has 32 heavy (non-hydrogen) atoms. The zero-order valence-corrected chi connectivity index (χ0v) is 17.6. The van der Waals surface area contributed by atoms with Gasteiger partial charge in [-0.25, -0.2) is 9.97 Å². The highest BCUT2D eigenvalue weighted by molar-refractivity contribution is 5.79. The van der Waals surface area contributed by atoms with Crippen molar-refractivity contribution in [2.45, 2.75) is 26.2 Å². The number of nitrogens with one attached hydrogen (secondary N) is 2. The molecule has 1 aliphatic heterocycles. The van der Waals surface area contributed by atoms with Gasteiger partial charge in [-0.05, 0) is 35.9 Å². The van der Waals surface area contributed by atoms with Gasteiger partial charge in [-0.15, -0.1) is 0 Å². The summed E-state index contributed by atoms with van der Waals surface area (Å²) in [5, 5.41) is 16.1. The van der Waals surface area contributed by atoms with Crippen LogP contribution in [0.25, 0.3) is 5.70 Å². The second-order valence-corrected chi connectivity index (χ2v) is 7.62. The van der Waals surface area contributed by atoms with Gasteiger partial charge >= 0.3 is 0 Å². The third-order valence-corrected chi connectivity index (χ3v) is 4.53. The zero-order valence-electron chi connectivity index (χ0n) is 17.6. The van der Waals surface area contributed by atoms with Crippen LogP contribution in [0, 0.1) is 0 Å². The molecule has 0 bridgehead atoms. The quantitative estimate of drug-likeness (QED) is 0.328. The van der Waals surface area contributed by atoms with Gasteiger partial charge in [0.25, 0.3) is 0 Å². The highest BCUT2D eigenvalue weighted by Gasteiger charge is 2.20. The van der Waals surface area contributed by atoms with E-state index < -0.39 is 5.79 Å². The Balaban J connectivity index is 1.47. The molecule has 3 aromatic rings. The lowest BCUT2D eigenvalue weighted by molar-refractivity contribution is -0.104. The van der Waals surface area contributed by atoms with Gasteiger partial charge < -0.3 is 30.9 Å². The van der Waals surface area contributed by atoms with E-state index in [1.54, 1.807) is 30.5 Å². The summed E-state index contributed by atoms with van der Waals surface area (Å²) < 4.78 is 11.2. The first-order chi connectivity index (χ1) is 15.3. The lowest BCUT2D eigenvalue weighted by Crippen LogP contribution is -2.27. The number of para-hydroxylation sites is 2. The number of anilines is 2. The topological polar surface area (TPSA) is 132 Å². The minimum Gasteiger partial charge on any atom is -0.462 e. The molecule has 164 valence electrons. The molecule has 2 aromatic carbocycles. The van der Waals surface area contributed by atoms with Gasteiger partial charge in [0.05, 0.1) is 16.9 Å². The first kappa shape index (κ1) is 21.1. The number of ether oxygens (including phenoxy) is 2. The van der Waals surface area contributed by atoms with Crippen molar-refractivity contribution in [1.29, 1.82) is 0 Å². The zero-order chi connectivity index (χ0) is 22.7. The van der Waals surface area contributed by atoms with Crippen LogP contribution in [0.4, 0.5) is 11.6 Å². The summed E-state index contributed by atoms with van der Waals surface area (Å²) in [6, 6.07) is 14.3. The molecule has 9 nitrogen and oxygen atoms in total. The molecule has 0 aliphatic carbocycles. The van der Waals surface area contributed by atoms with Crippen molar-refractivity contribution in [2.24, 2.45) is 5.73 Å². The number of nitrogens with zero attached hydrogens (tertiary/aromatic N) is 2. The van der Waals surface area contributed by atoms with E-state index in [-0.39, 0.29) is 0 Å². The Labute approximate surface area is 184 Å². The standard InChI is InChI=1S/C23H23N5O4/c1-23(2,30)32-18-8-7-14(11-15(18)13-29)12-26-22-25-10-9-17(28-22)20(24)21-27-16-5-3-4-6-19(16)31-21/h3-11,13,27,30H,12,24H2,1-2H3,(H,25,26,28)/b21-20+. The van der Waals surface area contributed by atoms with E-state index in [0.717, 1.165) is 11.3 Å². The van der Waals surface area contributed by atoms with E-state index in [0.29, 0.717) is 53.1 Å². The molecule has 0 unspecified atom stereocenters. The van der Waals surface area contributed by atoms with E-state index in [2.05, 4.69) is 20.6 Å². The summed E-state index contributed by atoms with van der Waals surface area (Å²) in [6.45, 7) is 3.35. The van der Waals surface area contributed by atoms with Crippen molar-refractivity contribution in [3.63, 3.8) is 0 Å². The molecule has 0 spiro atoms. The van der Waals surface area contributed by atoms with Crippen LogP contribution >= 0.6 is 0 Å². The Kier molecular flexibility index (Phi) is 5.65. The molecule has 0 fully saturated rings. The fourth-order valence-electron chi connectivity index (χ4n) is 3.09. The van der Waals surface area contributed by atoms with Crippen molar-refractivity contribution >= 4 is 23.6 Å². The molecule has 4 rings (SSSR count). The molecule has 1 aromatic heterocycles. The Morgan fingerprint density at radius 3 is 2.84 bits per heavy atom. The third-order valence-electron chi connectivity index (χ3n) is 4.53. The maximum atomic E-state index is 11.4. The van der Waals surface area contributed by atoms with E-state index >= 15 is 0 Å². The average molecular weight is 433 g/mol. The van der Waals surface area contributed by atoms with Crippen LogP contribution in [-0.2, 0) is 6.54 Å². The lowest BCUT2D eigenvalue weighted by atomic mass is 10.1. The Morgan fingerprint density at radius 2 is 2.09 bits per heavy atom. The van der Waals surface area contributed by atoms with Gasteiger partial charge in [0.15, 0.2) is 12.0 Å². The lowest BCUT2D eigenvalue weighted by Gasteiger charge is -2.21. The van der Waals surface area contributed by atoms with Crippen molar-refractivity contribution in [2.75, 3.05) is 10.6 Å². The predicted octanol–water partition coefficient (Wildman–Crippen LogP) is 3.10. The van der Waals surface area contributed by atoms with Gasteiger partial charge in [0.1, 0.15) is 11.4 Å². The third kappa shape index (κ3) is 4.79. The second-order valence-electron chi connectivity index (χ2n) is 7.62. The maximum Gasteiger partial charge on any atom is 0.223 e. The smallest absolute Gasteiger partial charge is 0.223 e. The minimum atomic E-state index is -1.39. The largest absolute Gasteiger partial charge is 0.462 e. The molecule has 5 N–H and O–H groups in total. The fourth-order valence-corrected chi connectivity index (χ4v) is 3.09. The molecule has 1 aliphatic rings. The van der Waals surface area contributed by atoms with Gasteiger partial charge in [-0.1, -0.05) is 18.2 Å². The number of hydrogen-bond donors (Lipinski definition) is 4. The summed E-state index contributed by atoms with van der Waals surface area (Å²) >= 11 is 0. The monoisotopic (exact) mass is 433 g/mol. The minimum absolute atomic E-state index is 0.305. The highest BCUT2D eigenvalue weighted by atomic mass is 16.6. The number of rotatable bonds is 7. The first-order valence-corrected chi connectivity index (χ1v) is 9.93. The van der Waals surface area contributed by atoms with Gasteiger partial charge in [-0.3, -0.25) is 4.79 Å². The fraction of sp³-hybridized carbons (Fsp3) is 0.174. The molecule has 0 radical (unpaired) electrons. The Bertz CT molecular complexity index is 1160. The number of hydrogen-bond acceptors (Lipinski definition) is 9. The summed E-state index contributed by atoms with van der Waals surface area (Å²) in [7, 11) is 0. The number of carbonyl (C=O) groups excluding carboxylic acids is 1. The van der Waals surface area contributed by atoms with Crippen LogP contribution in [-0.4, -0.2) is 27.1 Å². The van der Waals surface area contributed by atoms with Crippen LogP contribution in [0.1, 0.15) is 35.5 Å². The molecular weight excluding hydrogens is 410 g/mol. The summed E-state index contributed by atoms with van der Waals surface area (Å²) in [4.78, 5) is 20.1. The summed E-state index contributed by atoms with van der Waals surface area (Å²) in [5.74, 6) is 0.388. The van der Waals surface area contributed by atoms with Crippen molar-refractivity contribution in [3.8, 4) is 11.5 Å². The van der Waals surface area contributed by atoms with Crippen LogP contribution in [0.15, 0.2) is 60.6 Å². The summed E-state index contributed by atoms with van der Waals surface area (Å²) in [6.07, 6.45) is 2.28. The normalized spacial score (nSPS) is 14.1. The Hall–Kier alpha value is -4.11. The molecule has 9 heteroatoms. The van der Waals surface area contributed by atoms with Crippen LogP contribution < -0.4 is 25.8 Å². The molecule has 0 saturated carbocycles. The van der Waals surface area contributed by atoms with Gasteiger partial charge in [-0.2, -0.15) is 0 Å². The van der Waals surface area contributed by atoms with Crippen molar-refractivity contribution in [1.82, 2.24) is 9.97 Å². The van der Waals surface area contributed by atoms with E-state index in [1.807, 2.05) is 24.3 Å². The number of nitrogens with two attached hydrogens (primary N) is 1. The number of fused-ring (bicyclic) bond motifs is 1. The van der Waals surface area contributed by atoms with E-state index in [9.17, 15) is 9.90 Å². The van der Waals surface area contributed by atoms with E-state index in [4.69, 9.17) is 15.2 Å². The highest BCUT2D eigenvalue weighted by Crippen LogP contribution is 2.34. The van der Waals surface area contributed by atoms with Crippen molar-refractivity contribution < 1.29 is 19.4 Å². The van der Waals surface area contributed by atoms with Crippen molar-refractivity contribution in [3.05, 3.63) is 77.4 Å². The number of benzene rings is 2. The molecule has 0 saturated heterocycles.